The number of pyridine rings is 1. The molecule has 21 heavy (non-hydrogen) atoms. The maximum Gasteiger partial charge on any atom is 0.0480 e. The summed E-state index contributed by atoms with van der Waals surface area (Å²) in [4.78, 5) is 7.04. The second kappa shape index (κ2) is 9.13. The van der Waals surface area contributed by atoms with E-state index in [0.717, 1.165) is 44.3 Å². The first kappa shape index (κ1) is 16.4. The Labute approximate surface area is 129 Å². The van der Waals surface area contributed by atoms with Crippen molar-refractivity contribution in [3.05, 3.63) is 29.6 Å². The Bertz CT molecular complexity index is 402. The zero-order chi connectivity index (χ0) is 14.9. The van der Waals surface area contributed by atoms with Crippen LogP contribution in [0.25, 0.3) is 0 Å². The van der Waals surface area contributed by atoms with Gasteiger partial charge in [-0.3, -0.25) is 9.88 Å². The highest BCUT2D eigenvalue weighted by Gasteiger charge is 2.12. The highest BCUT2D eigenvalue weighted by atomic mass is 15.2. The van der Waals surface area contributed by atoms with Crippen LogP contribution in [-0.2, 0) is 6.42 Å². The van der Waals surface area contributed by atoms with E-state index in [2.05, 4.69) is 52.6 Å². The number of rotatable bonds is 8. The van der Waals surface area contributed by atoms with E-state index in [1.807, 2.05) is 0 Å². The van der Waals surface area contributed by atoms with E-state index in [1.54, 1.807) is 0 Å². The van der Waals surface area contributed by atoms with Crippen LogP contribution in [0.15, 0.2) is 18.2 Å². The van der Waals surface area contributed by atoms with Gasteiger partial charge in [0.15, 0.2) is 0 Å². The van der Waals surface area contributed by atoms with Gasteiger partial charge in [0.2, 0.25) is 0 Å². The van der Waals surface area contributed by atoms with Crippen LogP contribution in [0.2, 0.25) is 0 Å². The smallest absolute Gasteiger partial charge is 0.0480 e. The summed E-state index contributed by atoms with van der Waals surface area (Å²) in [6.07, 6.45) is 3.66. The maximum atomic E-state index is 4.58. The molecule has 2 heterocycles. The summed E-state index contributed by atoms with van der Waals surface area (Å²) >= 11 is 0. The molecule has 0 spiro atoms. The Morgan fingerprint density at radius 1 is 1.33 bits per heavy atom. The van der Waals surface area contributed by atoms with Gasteiger partial charge >= 0.3 is 0 Å². The van der Waals surface area contributed by atoms with Gasteiger partial charge in [-0.1, -0.05) is 13.0 Å². The van der Waals surface area contributed by atoms with Crippen LogP contribution in [0.1, 0.15) is 31.2 Å². The molecule has 0 bridgehead atoms. The summed E-state index contributed by atoms with van der Waals surface area (Å²) in [5.74, 6) is 0.850. The van der Waals surface area contributed by atoms with Gasteiger partial charge in [-0.05, 0) is 64.0 Å². The SMILES string of the molecule is CCN(CCc1cccc(C)n1)CNCC1CCNCC1. The number of nitrogens with zero attached hydrogens (tertiary/aromatic N) is 2. The summed E-state index contributed by atoms with van der Waals surface area (Å²) < 4.78 is 0. The molecule has 0 aliphatic carbocycles. The fourth-order valence-electron chi connectivity index (χ4n) is 2.87. The zero-order valence-electron chi connectivity index (χ0n) is 13.6. The summed E-state index contributed by atoms with van der Waals surface area (Å²) in [6, 6.07) is 6.29. The average molecular weight is 290 g/mol. The minimum absolute atomic E-state index is 0.850. The highest BCUT2D eigenvalue weighted by Crippen LogP contribution is 2.09. The lowest BCUT2D eigenvalue weighted by molar-refractivity contribution is 0.250. The predicted octanol–water partition coefficient (Wildman–Crippen LogP) is 1.80. The number of nitrogens with one attached hydrogen (secondary N) is 2. The Kier molecular flexibility index (Phi) is 7.13. The van der Waals surface area contributed by atoms with E-state index >= 15 is 0 Å². The van der Waals surface area contributed by atoms with Gasteiger partial charge in [0.25, 0.3) is 0 Å². The lowest BCUT2D eigenvalue weighted by Crippen LogP contribution is -2.40. The molecule has 1 aliphatic heterocycles. The number of aryl methyl sites for hydroxylation is 1. The average Bonchev–Trinajstić information content (AvgIpc) is 2.52. The molecular formula is C17H30N4. The van der Waals surface area contributed by atoms with Crippen molar-refractivity contribution < 1.29 is 0 Å². The van der Waals surface area contributed by atoms with Crippen molar-refractivity contribution in [3.8, 4) is 0 Å². The van der Waals surface area contributed by atoms with Crippen molar-refractivity contribution in [2.24, 2.45) is 5.92 Å². The van der Waals surface area contributed by atoms with Crippen LogP contribution in [0, 0.1) is 12.8 Å². The van der Waals surface area contributed by atoms with Crippen LogP contribution in [-0.4, -0.2) is 49.3 Å². The van der Waals surface area contributed by atoms with E-state index in [0.29, 0.717) is 0 Å². The molecule has 0 aromatic carbocycles. The van der Waals surface area contributed by atoms with Gasteiger partial charge in [0.1, 0.15) is 0 Å². The van der Waals surface area contributed by atoms with Gasteiger partial charge in [-0.2, -0.15) is 0 Å². The molecule has 0 atom stereocenters. The van der Waals surface area contributed by atoms with E-state index in [-0.39, 0.29) is 0 Å². The Morgan fingerprint density at radius 2 is 2.14 bits per heavy atom. The predicted molar refractivity (Wildman–Crippen MR) is 88.4 cm³/mol. The van der Waals surface area contributed by atoms with Gasteiger partial charge < -0.3 is 10.6 Å². The molecule has 2 rings (SSSR count). The zero-order valence-corrected chi connectivity index (χ0v) is 13.6. The molecule has 1 saturated heterocycles. The summed E-state index contributed by atoms with van der Waals surface area (Å²) in [5.41, 5.74) is 2.31. The van der Waals surface area contributed by atoms with Crippen molar-refractivity contribution >= 4 is 0 Å². The fraction of sp³-hybridized carbons (Fsp3) is 0.706. The largest absolute Gasteiger partial charge is 0.317 e. The van der Waals surface area contributed by atoms with Crippen LogP contribution >= 0.6 is 0 Å². The van der Waals surface area contributed by atoms with Gasteiger partial charge in [-0.25, -0.2) is 0 Å². The number of likely N-dealkylation sites (N-methyl/N-ethyl adjacent to an activating group) is 1. The molecule has 1 fully saturated rings. The lowest BCUT2D eigenvalue weighted by Gasteiger charge is -2.25. The molecule has 0 saturated carbocycles. The minimum Gasteiger partial charge on any atom is -0.317 e. The third kappa shape index (κ3) is 6.12. The standard InChI is InChI=1S/C17H30N4/c1-3-21(12-9-17-6-4-5-15(2)20-17)14-19-13-16-7-10-18-11-8-16/h4-6,16,18-19H,3,7-14H2,1-2H3. The van der Waals surface area contributed by atoms with Gasteiger partial charge in [0, 0.05) is 31.0 Å². The molecule has 4 heteroatoms. The van der Waals surface area contributed by atoms with Crippen molar-refractivity contribution in [1.82, 2.24) is 20.5 Å². The number of hydrogen-bond donors (Lipinski definition) is 2. The van der Waals surface area contributed by atoms with Crippen LogP contribution in [0.5, 0.6) is 0 Å². The molecule has 0 radical (unpaired) electrons. The van der Waals surface area contributed by atoms with Crippen LogP contribution < -0.4 is 10.6 Å². The Balaban J connectivity index is 1.65. The normalized spacial score (nSPS) is 16.5. The Hall–Kier alpha value is -0.970. The summed E-state index contributed by atoms with van der Waals surface area (Å²) in [6.45, 7) is 11.0. The third-order valence-electron chi connectivity index (χ3n) is 4.30. The first-order valence-corrected chi connectivity index (χ1v) is 8.34. The maximum absolute atomic E-state index is 4.58. The summed E-state index contributed by atoms with van der Waals surface area (Å²) in [5, 5.41) is 7.05. The highest BCUT2D eigenvalue weighted by molar-refractivity contribution is 5.10. The van der Waals surface area contributed by atoms with Crippen molar-refractivity contribution in [2.45, 2.75) is 33.1 Å². The van der Waals surface area contributed by atoms with Crippen molar-refractivity contribution in [2.75, 3.05) is 39.4 Å². The first-order chi connectivity index (χ1) is 10.3. The Morgan fingerprint density at radius 3 is 2.86 bits per heavy atom. The van der Waals surface area contributed by atoms with Gasteiger partial charge in [-0.15, -0.1) is 0 Å². The van der Waals surface area contributed by atoms with E-state index in [9.17, 15) is 0 Å². The monoisotopic (exact) mass is 290 g/mol. The topological polar surface area (TPSA) is 40.2 Å². The molecular weight excluding hydrogens is 260 g/mol. The van der Waals surface area contributed by atoms with E-state index in [4.69, 9.17) is 0 Å². The van der Waals surface area contributed by atoms with Crippen molar-refractivity contribution in [3.63, 3.8) is 0 Å². The third-order valence-corrected chi connectivity index (χ3v) is 4.30. The molecule has 2 N–H and O–H groups in total. The molecule has 0 amide bonds. The van der Waals surface area contributed by atoms with Crippen molar-refractivity contribution in [1.29, 1.82) is 0 Å². The molecule has 0 unspecified atom stereocenters. The molecule has 4 nitrogen and oxygen atoms in total. The molecule has 118 valence electrons. The second-order valence-corrected chi connectivity index (χ2v) is 6.04. The molecule has 1 aromatic rings. The number of aromatic nitrogens is 1. The van der Waals surface area contributed by atoms with Crippen LogP contribution in [0.4, 0.5) is 0 Å². The number of hydrogen-bond acceptors (Lipinski definition) is 4. The second-order valence-electron chi connectivity index (χ2n) is 6.04. The lowest BCUT2D eigenvalue weighted by atomic mass is 9.98. The molecule has 1 aliphatic rings. The quantitative estimate of drug-likeness (QED) is 0.716. The first-order valence-electron chi connectivity index (χ1n) is 8.34. The van der Waals surface area contributed by atoms with E-state index < -0.39 is 0 Å². The minimum atomic E-state index is 0.850. The van der Waals surface area contributed by atoms with Crippen LogP contribution in [0.3, 0.4) is 0 Å². The fourth-order valence-corrected chi connectivity index (χ4v) is 2.87. The molecule has 1 aromatic heterocycles. The summed E-state index contributed by atoms with van der Waals surface area (Å²) in [7, 11) is 0. The number of piperidine rings is 1. The van der Waals surface area contributed by atoms with E-state index in [1.165, 1.54) is 31.6 Å². The van der Waals surface area contributed by atoms with Gasteiger partial charge in [0.05, 0.1) is 0 Å².